The minimum absolute atomic E-state index is 0.303. The van der Waals surface area contributed by atoms with E-state index >= 15 is 0 Å². The van der Waals surface area contributed by atoms with Gasteiger partial charge in [0.05, 0.1) is 0 Å². The minimum atomic E-state index is 0.303. The molecule has 1 aliphatic heterocycles. The summed E-state index contributed by atoms with van der Waals surface area (Å²) in [5.74, 6) is 0.721. The number of allylic oxidation sites excluding steroid dienone is 4. The van der Waals surface area contributed by atoms with Crippen molar-refractivity contribution in [3.63, 3.8) is 0 Å². The predicted octanol–water partition coefficient (Wildman–Crippen LogP) is 2.54. The Kier molecular flexibility index (Phi) is 4.88. The zero-order valence-corrected chi connectivity index (χ0v) is 9.36. The van der Waals surface area contributed by atoms with Crippen LogP contribution in [0.3, 0.4) is 0 Å². The fourth-order valence-electron chi connectivity index (χ4n) is 1.70. The van der Waals surface area contributed by atoms with Crippen molar-refractivity contribution in [1.82, 2.24) is 4.90 Å². The highest BCUT2D eigenvalue weighted by atomic mass is 16.2. The Balaban J connectivity index is 2.31. The lowest BCUT2D eigenvalue weighted by atomic mass is 10.1. The summed E-state index contributed by atoms with van der Waals surface area (Å²) in [6.45, 7) is 7.50. The molecule has 0 saturated carbocycles. The number of amides is 1. The van der Waals surface area contributed by atoms with Crippen LogP contribution >= 0.6 is 0 Å². The van der Waals surface area contributed by atoms with E-state index in [1.807, 2.05) is 23.1 Å². The van der Waals surface area contributed by atoms with Gasteiger partial charge >= 0.3 is 0 Å². The zero-order chi connectivity index (χ0) is 11.1. The molecule has 15 heavy (non-hydrogen) atoms. The molecular weight excluding hydrogens is 186 g/mol. The second-order valence-electron chi connectivity index (χ2n) is 3.93. The van der Waals surface area contributed by atoms with Gasteiger partial charge in [0.25, 0.3) is 0 Å². The van der Waals surface area contributed by atoms with Crippen LogP contribution in [0.25, 0.3) is 0 Å². The Morgan fingerprint density at radius 2 is 2.27 bits per heavy atom. The lowest BCUT2D eigenvalue weighted by Gasteiger charge is -2.18. The van der Waals surface area contributed by atoms with Crippen molar-refractivity contribution in [2.75, 3.05) is 13.1 Å². The van der Waals surface area contributed by atoms with Gasteiger partial charge in [0.15, 0.2) is 0 Å². The lowest BCUT2D eigenvalue weighted by Crippen LogP contribution is -2.28. The number of nitrogens with zero attached hydrogens (tertiary/aromatic N) is 1. The molecule has 0 bridgehead atoms. The van der Waals surface area contributed by atoms with Crippen LogP contribution < -0.4 is 0 Å². The topological polar surface area (TPSA) is 20.3 Å². The summed E-state index contributed by atoms with van der Waals surface area (Å²) >= 11 is 0. The van der Waals surface area contributed by atoms with Crippen molar-refractivity contribution in [3.05, 3.63) is 37.0 Å². The molecule has 1 saturated heterocycles. The van der Waals surface area contributed by atoms with Crippen molar-refractivity contribution in [1.29, 1.82) is 0 Å². The molecule has 0 N–H and O–H groups in total. The molecule has 0 aliphatic carbocycles. The molecule has 2 heteroatoms. The Morgan fingerprint density at radius 3 is 2.87 bits per heavy atom. The van der Waals surface area contributed by atoms with Crippen LogP contribution in [0.5, 0.6) is 0 Å². The van der Waals surface area contributed by atoms with Gasteiger partial charge in [-0.3, -0.25) is 4.79 Å². The molecule has 0 radical (unpaired) electrons. The highest BCUT2D eigenvalue weighted by molar-refractivity contribution is 5.78. The quantitative estimate of drug-likeness (QED) is 0.632. The molecule has 1 fully saturated rings. The number of carbonyl (C=O) groups is 1. The minimum Gasteiger partial charge on any atom is -0.342 e. The first-order valence-electron chi connectivity index (χ1n) is 5.47. The number of hydrogen-bond donors (Lipinski definition) is 0. The first-order valence-corrected chi connectivity index (χ1v) is 5.47. The van der Waals surface area contributed by atoms with Gasteiger partial charge in [-0.05, 0) is 12.3 Å². The molecule has 2 nitrogen and oxygen atoms in total. The van der Waals surface area contributed by atoms with Crippen LogP contribution in [0.4, 0.5) is 0 Å². The van der Waals surface area contributed by atoms with Crippen molar-refractivity contribution in [2.24, 2.45) is 5.92 Å². The van der Waals surface area contributed by atoms with Crippen LogP contribution in [-0.4, -0.2) is 23.9 Å². The van der Waals surface area contributed by atoms with Gasteiger partial charge in [-0.25, -0.2) is 0 Å². The molecule has 1 amide bonds. The molecule has 0 spiro atoms. The van der Waals surface area contributed by atoms with Gasteiger partial charge in [0, 0.05) is 19.5 Å². The van der Waals surface area contributed by atoms with Crippen molar-refractivity contribution < 1.29 is 4.79 Å². The molecule has 0 aromatic heterocycles. The Hall–Kier alpha value is -1.31. The van der Waals surface area contributed by atoms with Gasteiger partial charge in [-0.1, -0.05) is 43.9 Å². The summed E-state index contributed by atoms with van der Waals surface area (Å²) in [5.41, 5.74) is 0. The number of likely N-dealkylation sites (tertiary alicyclic amines) is 1. The van der Waals surface area contributed by atoms with Crippen molar-refractivity contribution in [2.45, 2.75) is 19.8 Å². The fourth-order valence-corrected chi connectivity index (χ4v) is 1.70. The molecule has 0 aromatic rings. The van der Waals surface area contributed by atoms with E-state index < -0.39 is 0 Å². The largest absolute Gasteiger partial charge is 0.342 e. The molecule has 1 rings (SSSR count). The average molecular weight is 205 g/mol. The first kappa shape index (κ1) is 11.8. The Labute approximate surface area is 92.0 Å². The van der Waals surface area contributed by atoms with Gasteiger partial charge in [-0.15, -0.1) is 0 Å². The monoisotopic (exact) mass is 205 g/mol. The highest BCUT2D eigenvalue weighted by Crippen LogP contribution is 2.12. The summed E-state index contributed by atoms with van der Waals surface area (Å²) < 4.78 is 0. The van der Waals surface area contributed by atoms with Crippen LogP contribution in [0, 0.1) is 5.92 Å². The zero-order valence-electron chi connectivity index (χ0n) is 9.36. The third-order valence-corrected chi connectivity index (χ3v) is 2.48. The van der Waals surface area contributed by atoms with Gasteiger partial charge in [-0.2, -0.15) is 0 Å². The molecule has 1 heterocycles. The Morgan fingerprint density at radius 1 is 1.47 bits per heavy atom. The Bertz CT molecular complexity index is 278. The van der Waals surface area contributed by atoms with E-state index in [-0.39, 0.29) is 0 Å². The molecular formula is C13H19NO. The fraction of sp³-hybridized carbons (Fsp3) is 0.462. The smallest absolute Gasteiger partial charge is 0.222 e. The molecule has 1 atom stereocenters. The third kappa shape index (κ3) is 4.15. The summed E-state index contributed by atoms with van der Waals surface area (Å²) in [7, 11) is 0. The summed E-state index contributed by atoms with van der Waals surface area (Å²) in [5, 5.41) is 0. The molecule has 1 aliphatic rings. The normalized spacial score (nSPS) is 19.3. The van der Waals surface area contributed by atoms with Crippen LogP contribution in [0.15, 0.2) is 37.0 Å². The summed E-state index contributed by atoms with van der Waals surface area (Å²) in [6, 6.07) is 0. The molecule has 1 unspecified atom stereocenters. The first-order chi connectivity index (χ1) is 7.24. The van der Waals surface area contributed by atoms with E-state index in [9.17, 15) is 4.79 Å². The maximum absolute atomic E-state index is 11.4. The van der Waals surface area contributed by atoms with Gasteiger partial charge < -0.3 is 4.90 Å². The standard InChI is InChI=1S/C13H19NO/c1-3-4-5-6-8-12(2)11-14-10-7-9-13(14)15/h3-6,8,12H,1,7,9-11H2,2H3/b5-4-,8-6-. The van der Waals surface area contributed by atoms with Crippen molar-refractivity contribution >= 4 is 5.91 Å². The third-order valence-electron chi connectivity index (χ3n) is 2.48. The van der Waals surface area contributed by atoms with Gasteiger partial charge in [0.1, 0.15) is 0 Å². The SMILES string of the molecule is C=C/C=C\C=C/C(C)CN1CCCC1=O. The molecule has 82 valence electrons. The van der Waals surface area contributed by atoms with Crippen molar-refractivity contribution in [3.8, 4) is 0 Å². The van der Waals surface area contributed by atoms with E-state index in [0.717, 1.165) is 25.9 Å². The second-order valence-corrected chi connectivity index (χ2v) is 3.93. The van der Waals surface area contributed by atoms with E-state index in [1.165, 1.54) is 0 Å². The van der Waals surface area contributed by atoms with E-state index in [2.05, 4.69) is 19.6 Å². The maximum Gasteiger partial charge on any atom is 0.222 e. The highest BCUT2D eigenvalue weighted by Gasteiger charge is 2.20. The number of hydrogen-bond acceptors (Lipinski definition) is 1. The van der Waals surface area contributed by atoms with Crippen LogP contribution in [-0.2, 0) is 4.79 Å². The summed E-state index contributed by atoms with van der Waals surface area (Å²) in [4.78, 5) is 13.3. The second kappa shape index (κ2) is 6.23. The number of carbonyl (C=O) groups excluding carboxylic acids is 1. The predicted molar refractivity (Wildman–Crippen MR) is 63.5 cm³/mol. The maximum atomic E-state index is 11.4. The van der Waals surface area contributed by atoms with E-state index in [4.69, 9.17) is 0 Å². The van der Waals surface area contributed by atoms with Crippen LogP contribution in [0.1, 0.15) is 19.8 Å². The van der Waals surface area contributed by atoms with Crippen LogP contribution in [0.2, 0.25) is 0 Å². The van der Waals surface area contributed by atoms with E-state index in [0.29, 0.717) is 11.8 Å². The lowest BCUT2D eigenvalue weighted by molar-refractivity contribution is -0.128. The van der Waals surface area contributed by atoms with E-state index in [1.54, 1.807) is 6.08 Å². The average Bonchev–Trinajstić information content (AvgIpc) is 2.59. The summed E-state index contributed by atoms with van der Waals surface area (Å²) in [6.07, 6.45) is 11.5. The number of rotatable bonds is 5. The molecule has 0 aromatic carbocycles. The van der Waals surface area contributed by atoms with Gasteiger partial charge in [0.2, 0.25) is 5.91 Å².